The van der Waals surface area contributed by atoms with Gasteiger partial charge in [-0.1, -0.05) is 53.7 Å². The van der Waals surface area contributed by atoms with E-state index in [2.05, 4.69) is 46.4 Å². The second kappa shape index (κ2) is 8.80. The molecule has 186 valence electrons. The molecule has 2 saturated carbocycles. The van der Waals surface area contributed by atoms with E-state index in [4.69, 9.17) is 4.99 Å². The Morgan fingerprint density at radius 1 is 1.06 bits per heavy atom. The molecule has 3 aliphatic rings. The summed E-state index contributed by atoms with van der Waals surface area (Å²) in [6.07, 6.45) is 7.95. The van der Waals surface area contributed by atoms with Crippen LogP contribution in [0.4, 0.5) is 0 Å². The molecule has 1 heterocycles. The summed E-state index contributed by atoms with van der Waals surface area (Å²) < 4.78 is 0. The maximum atomic E-state index is 14.0. The van der Waals surface area contributed by atoms with Gasteiger partial charge in [0.2, 0.25) is 0 Å². The first-order valence-electron chi connectivity index (χ1n) is 13.1. The zero-order chi connectivity index (χ0) is 24.9. The van der Waals surface area contributed by atoms with E-state index >= 15 is 0 Å². The van der Waals surface area contributed by atoms with Crippen molar-refractivity contribution in [2.24, 2.45) is 27.7 Å². The molecular formula is C29H42N2O3. The fourth-order valence-corrected chi connectivity index (χ4v) is 5.85. The maximum Gasteiger partial charge on any atom is 0.335 e. The van der Waals surface area contributed by atoms with E-state index in [1.54, 1.807) is 12.1 Å². The number of aliphatic imine (C=N–C) groups is 1. The van der Waals surface area contributed by atoms with Crippen molar-refractivity contribution in [1.82, 2.24) is 4.90 Å². The molecule has 1 spiro atoms. The van der Waals surface area contributed by atoms with Crippen LogP contribution in [0.2, 0.25) is 0 Å². The van der Waals surface area contributed by atoms with Crippen molar-refractivity contribution in [3.8, 4) is 0 Å². The van der Waals surface area contributed by atoms with E-state index in [1.807, 2.05) is 12.1 Å². The standard InChI is InChI=1S/C29H42N2O3/c1-27(2,3)16-15-23(19-7-11-21(12-8-19)26(33)34)31-25(32)24(20-9-10-20)30-29(31)17-13-22(14-18-29)28(4,5)6/h7-8,11-12,20,22-23H,9-10,13-18H2,1-6H3,(H,33,34)/t22?,23-,29?/m1/s1. The third-order valence-corrected chi connectivity index (χ3v) is 8.21. The molecule has 0 bridgehead atoms. The van der Waals surface area contributed by atoms with Crippen molar-refractivity contribution in [3.63, 3.8) is 0 Å². The van der Waals surface area contributed by atoms with Crippen LogP contribution in [0.5, 0.6) is 0 Å². The van der Waals surface area contributed by atoms with Crippen molar-refractivity contribution < 1.29 is 14.7 Å². The van der Waals surface area contributed by atoms with Gasteiger partial charge in [0.25, 0.3) is 5.91 Å². The second-order valence-electron chi connectivity index (χ2n) is 13.1. The van der Waals surface area contributed by atoms with Crippen LogP contribution in [0.15, 0.2) is 29.3 Å². The highest BCUT2D eigenvalue weighted by molar-refractivity contribution is 6.41. The fraction of sp³-hybridized carbons (Fsp3) is 0.690. The number of hydrogen-bond acceptors (Lipinski definition) is 3. The van der Waals surface area contributed by atoms with Gasteiger partial charge in [0.15, 0.2) is 0 Å². The highest BCUT2D eigenvalue weighted by Crippen LogP contribution is 2.51. The number of amides is 1. The number of aromatic carboxylic acids is 1. The quantitative estimate of drug-likeness (QED) is 0.497. The summed E-state index contributed by atoms with van der Waals surface area (Å²) in [7, 11) is 0. The Hall–Kier alpha value is -2.17. The van der Waals surface area contributed by atoms with Gasteiger partial charge in [-0.05, 0) is 85.8 Å². The predicted octanol–water partition coefficient (Wildman–Crippen LogP) is 6.88. The van der Waals surface area contributed by atoms with E-state index in [-0.39, 0.29) is 28.3 Å². The second-order valence-corrected chi connectivity index (χ2v) is 13.1. The van der Waals surface area contributed by atoms with E-state index in [9.17, 15) is 14.7 Å². The molecule has 5 nitrogen and oxygen atoms in total. The molecule has 2 aliphatic carbocycles. The van der Waals surface area contributed by atoms with Crippen LogP contribution in [0.1, 0.15) is 115 Å². The van der Waals surface area contributed by atoms with Crippen LogP contribution in [0.3, 0.4) is 0 Å². The summed E-state index contributed by atoms with van der Waals surface area (Å²) in [5.74, 6) is 0.162. The molecule has 0 unspecified atom stereocenters. The number of carboxylic acid groups (broad SMARTS) is 1. The minimum absolute atomic E-state index is 0.0965. The molecule has 1 aromatic carbocycles. The van der Waals surface area contributed by atoms with Crippen LogP contribution in [-0.4, -0.2) is 33.3 Å². The maximum absolute atomic E-state index is 14.0. The zero-order valence-electron chi connectivity index (χ0n) is 21.9. The first kappa shape index (κ1) is 24.9. The van der Waals surface area contributed by atoms with Crippen LogP contribution in [0.25, 0.3) is 0 Å². The molecule has 34 heavy (non-hydrogen) atoms. The predicted molar refractivity (Wildman–Crippen MR) is 136 cm³/mol. The van der Waals surface area contributed by atoms with E-state index < -0.39 is 11.6 Å². The topological polar surface area (TPSA) is 70.0 Å². The monoisotopic (exact) mass is 466 g/mol. The summed E-state index contributed by atoms with van der Waals surface area (Å²) in [4.78, 5) is 32.8. The minimum atomic E-state index is -0.925. The summed E-state index contributed by atoms with van der Waals surface area (Å²) in [5.41, 5.74) is 2.05. The van der Waals surface area contributed by atoms with Gasteiger partial charge in [0.05, 0.1) is 11.6 Å². The molecule has 2 fully saturated rings. The zero-order valence-corrected chi connectivity index (χ0v) is 21.9. The number of rotatable bonds is 6. The Bertz CT molecular complexity index is 953. The number of benzene rings is 1. The number of carboxylic acids is 1. The Labute approximate surface area is 205 Å². The summed E-state index contributed by atoms with van der Waals surface area (Å²) in [5, 5.41) is 9.39. The van der Waals surface area contributed by atoms with Gasteiger partial charge in [-0.3, -0.25) is 9.79 Å². The lowest BCUT2D eigenvalue weighted by atomic mass is 9.69. The molecule has 1 atom stereocenters. The summed E-state index contributed by atoms with van der Waals surface area (Å²) >= 11 is 0. The molecule has 1 aliphatic heterocycles. The molecule has 0 radical (unpaired) electrons. The van der Waals surface area contributed by atoms with E-state index in [1.165, 1.54) is 0 Å². The average Bonchev–Trinajstić information content (AvgIpc) is 3.55. The SMILES string of the molecule is CC(C)(C)CC[C@H](c1ccc(C(=O)O)cc1)N1C(=O)C(C2CC2)=NC12CCC(C(C)(C)C)CC2. The van der Waals surface area contributed by atoms with Gasteiger partial charge >= 0.3 is 5.97 Å². The van der Waals surface area contributed by atoms with Crippen LogP contribution >= 0.6 is 0 Å². The van der Waals surface area contributed by atoms with Crippen LogP contribution < -0.4 is 0 Å². The van der Waals surface area contributed by atoms with E-state index in [0.717, 1.165) is 62.6 Å². The third kappa shape index (κ3) is 5.08. The van der Waals surface area contributed by atoms with Crippen molar-refractivity contribution in [2.75, 3.05) is 0 Å². The third-order valence-electron chi connectivity index (χ3n) is 8.21. The molecular weight excluding hydrogens is 424 g/mol. The van der Waals surface area contributed by atoms with Gasteiger partial charge in [-0.2, -0.15) is 0 Å². The lowest BCUT2D eigenvalue weighted by Gasteiger charge is -2.48. The first-order chi connectivity index (χ1) is 15.8. The Kier molecular flexibility index (Phi) is 6.46. The largest absolute Gasteiger partial charge is 0.478 e. The average molecular weight is 467 g/mol. The Balaban J connectivity index is 1.71. The molecule has 0 aromatic heterocycles. The van der Waals surface area contributed by atoms with Crippen molar-refractivity contribution in [1.29, 1.82) is 0 Å². The first-order valence-corrected chi connectivity index (χ1v) is 13.1. The highest BCUT2D eigenvalue weighted by Gasteiger charge is 2.54. The van der Waals surface area contributed by atoms with Crippen molar-refractivity contribution >= 4 is 17.6 Å². The number of nitrogens with zero attached hydrogens (tertiary/aromatic N) is 2. The molecule has 1 N–H and O–H groups in total. The minimum Gasteiger partial charge on any atom is -0.478 e. The van der Waals surface area contributed by atoms with Crippen LogP contribution in [-0.2, 0) is 4.79 Å². The van der Waals surface area contributed by atoms with Gasteiger partial charge in [0, 0.05) is 5.92 Å². The number of carbonyl (C=O) groups is 2. The van der Waals surface area contributed by atoms with Crippen molar-refractivity contribution in [2.45, 2.75) is 105 Å². The lowest BCUT2D eigenvalue weighted by Crippen LogP contribution is -2.51. The number of hydrogen-bond donors (Lipinski definition) is 1. The van der Waals surface area contributed by atoms with E-state index in [0.29, 0.717) is 11.8 Å². The lowest BCUT2D eigenvalue weighted by molar-refractivity contribution is -0.134. The molecule has 5 heteroatoms. The Morgan fingerprint density at radius 2 is 1.65 bits per heavy atom. The highest BCUT2D eigenvalue weighted by atomic mass is 16.4. The molecule has 0 saturated heterocycles. The number of carbonyl (C=O) groups excluding carboxylic acids is 1. The van der Waals surface area contributed by atoms with Gasteiger partial charge < -0.3 is 10.0 Å². The van der Waals surface area contributed by atoms with Gasteiger partial charge in [0.1, 0.15) is 11.4 Å². The van der Waals surface area contributed by atoms with Gasteiger partial charge in [-0.15, -0.1) is 0 Å². The van der Waals surface area contributed by atoms with Crippen LogP contribution in [0, 0.1) is 22.7 Å². The molecule has 1 aromatic rings. The van der Waals surface area contributed by atoms with Gasteiger partial charge in [-0.25, -0.2) is 4.79 Å². The smallest absolute Gasteiger partial charge is 0.335 e. The Morgan fingerprint density at radius 3 is 2.12 bits per heavy atom. The normalized spacial score (nSPS) is 26.6. The van der Waals surface area contributed by atoms with Crippen molar-refractivity contribution in [3.05, 3.63) is 35.4 Å². The molecule has 1 amide bonds. The fourth-order valence-electron chi connectivity index (χ4n) is 5.85. The molecule has 4 rings (SSSR count). The summed E-state index contributed by atoms with van der Waals surface area (Å²) in [6.45, 7) is 13.7. The summed E-state index contributed by atoms with van der Waals surface area (Å²) in [6, 6.07) is 7.07.